The predicted octanol–water partition coefficient (Wildman–Crippen LogP) is 2.39. The minimum Gasteiger partial charge on any atom is -0.355 e. The molecule has 0 bridgehead atoms. The Morgan fingerprint density at radius 2 is 1.83 bits per heavy atom. The van der Waals surface area contributed by atoms with Crippen molar-refractivity contribution >= 4 is 11.9 Å². The second-order valence-corrected chi connectivity index (χ2v) is 6.64. The van der Waals surface area contributed by atoms with E-state index in [2.05, 4.69) is 31.3 Å². The van der Waals surface area contributed by atoms with Crippen molar-refractivity contribution in [3.63, 3.8) is 0 Å². The number of nitrogens with one attached hydrogen (secondary N) is 1. The summed E-state index contributed by atoms with van der Waals surface area (Å²) in [4.78, 5) is 27.7. The first-order valence-electron chi connectivity index (χ1n) is 8.32. The van der Waals surface area contributed by atoms with Gasteiger partial charge in [0.05, 0.1) is 0 Å². The average Bonchev–Trinajstić information content (AvgIpc) is 2.82. The normalized spacial score (nSPS) is 14.7. The predicted molar refractivity (Wildman–Crippen MR) is 91.0 cm³/mol. The Labute approximate surface area is 138 Å². The van der Waals surface area contributed by atoms with Crippen molar-refractivity contribution in [1.29, 1.82) is 0 Å². The zero-order valence-electron chi connectivity index (χ0n) is 14.3. The average molecular weight is 317 g/mol. The van der Waals surface area contributed by atoms with Gasteiger partial charge in [0.1, 0.15) is 6.54 Å². The topological polar surface area (TPSA) is 52.6 Å². The Hall–Kier alpha value is -2.04. The van der Waals surface area contributed by atoms with Gasteiger partial charge in [0.25, 0.3) is 0 Å². The molecule has 1 aliphatic rings. The van der Waals surface area contributed by atoms with E-state index in [0.29, 0.717) is 32.1 Å². The summed E-state index contributed by atoms with van der Waals surface area (Å²) in [6.45, 7) is 9.01. The largest absolute Gasteiger partial charge is 0.355 e. The van der Waals surface area contributed by atoms with E-state index < -0.39 is 0 Å². The molecule has 1 aromatic rings. The van der Waals surface area contributed by atoms with E-state index >= 15 is 0 Å². The summed E-state index contributed by atoms with van der Waals surface area (Å²) >= 11 is 0. The van der Waals surface area contributed by atoms with Crippen LogP contribution >= 0.6 is 0 Å². The standard InChI is InChI=1S/C18H27N3O2/c1-14(2)8-9-19-17(22)13-21-11-10-20(18(21)23)12-16-6-4-15(3)5-7-16/h4-7,14H,8-13H2,1-3H3,(H,19,22). The number of amides is 3. The van der Waals surface area contributed by atoms with Gasteiger partial charge in [0.15, 0.2) is 0 Å². The molecule has 0 atom stereocenters. The van der Waals surface area contributed by atoms with Crippen molar-refractivity contribution in [1.82, 2.24) is 15.1 Å². The van der Waals surface area contributed by atoms with E-state index in [9.17, 15) is 9.59 Å². The van der Waals surface area contributed by atoms with Gasteiger partial charge in [-0.25, -0.2) is 4.79 Å². The molecule has 0 aliphatic carbocycles. The van der Waals surface area contributed by atoms with Crippen molar-refractivity contribution in [2.45, 2.75) is 33.7 Å². The number of urea groups is 1. The molecule has 1 fully saturated rings. The van der Waals surface area contributed by atoms with E-state index in [0.717, 1.165) is 12.0 Å². The van der Waals surface area contributed by atoms with Gasteiger partial charge in [0, 0.05) is 26.2 Å². The first kappa shape index (κ1) is 17.3. The van der Waals surface area contributed by atoms with Crippen LogP contribution in [0.3, 0.4) is 0 Å². The maximum atomic E-state index is 12.4. The van der Waals surface area contributed by atoms with Crippen LogP contribution in [0.15, 0.2) is 24.3 Å². The van der Waals surface area contributed by atoms with Crippen LogP contribution in [0.2, 0.25) is 0 Å². The summed E-state index contributed by atoms with van der Waals surface area (Å²) in [5.74, 6) is 0.491. The van der Waals surface area contributed by atoms with Crippen molar-refractivity contribution in [2.24, 2.45) is 5.92 Å². The molecule has 3 amide bonds. The minimum absolute atomic E-state index is 0.0513. The molecule has 0 saturated carbocycles. The lowest BCUT2D eigenvalue weighted by Gasteiger charge is -2.18. The number of hydrogen-bond donors (Lipinski definition) is 1. The maximum absolute atomic E-state index is 12.4. The van der Waals surface area contributed by atoms with Crippen LogP contribution in [0.5, 0.6) is 0 Å². The Morgan fingerprint density at radius 1 is 1.17 bits per heavy atom. The molecule has 1 aromatic carbocycles. The number of hydrogen-bond acceptors (Lipinski definition) is 2. The van der Waals surface area contributed by atoms with Crippen molar-refractivity contribution in [3.05, 3.63) is 35.4 Å². The van der Waals surface area contributed by atoms with Crippen molar-refractivity contribution in [2.75, 3.05) is 26.2 Å². The fraction of sp³-hybridized carbons (Fsp3) is 0.556. The quantitative estimate of drug-likeness (QED) is 0.839. The van der Waals surface area contributed by atoms with Crippen LogP contribution in [0, 0.1) is 12.8 Å². The molecule has 1 N–H and O–H groups in total. The third-order valence-electron chi connectivity index (χ3n) is 4.05. The van der Waals surface area contributed by atoms with Crippen LogP contribution in [-0.4, -0.2) is 47.9 Å². The Balaban J connectivity index is 1.79. The molecule has 1 aliphatic heterocycles. The first-order chi connectivity index (χ1) is 11.0. The van der Waals surface area contributed by atoms with Gasteiger partial charge in [0.2, 0.25) is 5.91 Å². The first-order valence-corrected chi connectivity index (χ1v) is 8.32. The Morgan fingerprint density at radius 3 is 2.48 bits per heavy atom. The van der Waals surface area contributed by atoms with Gasteiger partial charge < -0.3 is 15.1 Å². The maximum Gasteiger partial charge on any atom is 0.320 e. The van der Waals surface area contributed by atoms with E-state index in [1.807, 2.05) is 19.1 Å². The van der Waals surface area contributed by atoms with E-state index in [1.54, 1.807) is 9.80 Å². The molecular weight excluding hydrogens is 290 g/mol. The summed E-state index contributed by atoms with van der Waals surface area (Å²) in [6, 6.07) is 8.14. The van der Waals surface area contributed by atoms with Crippen LogP contribution in [0.4, 0.5) is 4.79 Å². The second kappa shape index (κ2) is 7.99. The highest BCUT2D eigenvalue weighted by Crippen LogP contribution is 2.13. The molecule has 5 heteroatoms. The molecule has 0 spiro atoms. The molecule has 2 rings (SSSR count). The number of rotatable bonds is 7. The highest BCUT2D eigenvalue weighted by Gasteiger charge is 2.29. The second-order valence-electron chi connectivity index (χ2n) is 6.64. The third-order valence-corrected chi connectivity index (χ3v) is 4.05. The van der Waals surface area contributed by atoms with Crippen LogP contribution in [0.1, 0.15) is 31.4 Å². The van der Waals surface area contributed by atoms with Gasteiger partial charge in [-0.2, -0.15) is 0 Å². The molecule has 1 saturated heterocycles. The van der Waals surface area contributed by atoms with E-state index in [-0.39, 0.29) is 18.5 Å². The highest BCUT2D eigenvalue weighted by molar-refractivity contribution is 5.85. The van der Waals surface area contributed by atoms with Gasteiger partial charge in [-0.1, -0.05) is 43.7 Å². The summed E-state index contributed by atoms with van der Waals surface area (Å²) < 4.78 is 0. The molecule has 0 radical (unpaired) electrons. The van der Waals surface area contributed by atoms with E-state index in [1.165, 1.54) is 5.56 Å². The van der Waals surface area contributed by atoms with Gasteiger partial charge in [-0.15, -0.1) is 0 Å². The SMILES string of the molecule is Cc1ccc(CN2CCN(CC(=O)NCCC(C)C)C2=O)cc1. The van der Waals surface area contributed by atoms with Gasteiger partial charge >= 0.3 is 6.03 Å². The number of benzene rings is 1. The fourth-order valence-corrected chi connectivity index (χ4v) is 2.57. The van der Waals surface area contributed by atoms with Crippen molar-refractivity contribution < 1.29 is 9.59 Å². The lowest BCUT2D eigenvalue weighted by Crippen LogP contribution is -2.40. The van der Waals surface area contributed by atoms with Gasteiger partial charge in [-0.05, 0) is 24.8 Å². The zero-order chi connectivity index (χ0) is 16.8. The smallest absolute Gasteiger partial charge is 0.320 e. The third kappa shape index (κ3) is 5.27. The van der Waals surface area contributed by atoms with E-state index in [4.69, 9.17) is 0 Å². The molecular formula is C18H27N3O2. The molecule has 1 heterocycles. The highest BCUT2D eigenvalue weighted by atomic mass is 16.2. The van der Waals surface area contributed by atoms with Crippen LogP contribution < -0.4 is 5.32 Å². The van der Waals surface area contributed by atoms with Crippen LogP contribution in [0.25, 0.3) is 0 Å². The lowest BCUT2D eigenvalue weighted by atomic mass is 10.1. The summed E-state index contributed by atoms with van der Waals surface area (Å²) in [6.07, 6.45) is 0.958. The zero-order valence-corrected chi connectivity index (χ0v) is 14.3. The summed E-state index contributed by atoms with van der Waals surface area (Å²) in [5, 5.41) is 2.88. The molecule has 126 valence electrons. The number of aryl methyl sites for hydroxylation is 1. The number of carbonyl (C=O) groups is 2. The van der Waals surface area contributed by atoms with Crippen LogP contribution in [-0.2, 0) is 11.3 Å². The molecule has 23 heavy (non-hydrogen) atoms. The van der Waals surface area contributed by atoms with Gasteiger partial charge in [-0.3, -0.25) is 4.79 Å². The number of carbonyl (C=O) groups excluding carboxylic acids is 2. The number of nitrogens with zero attached hydrogens (tertiary/aromatic N) is 2. The molecule has 5 nitrogen and oxygen atoms in total. The lowest BCUT2D eigenvalue weighted by molar-refractivity contribution is -0.121. The van der Waals surface area contributed by atoms with Crippen molar-refractivity contribution in [3.8, 4) is 0 Å². The summed E-state index contributed by atoms with van der Waals surface area (Å²) in [5.41, 5.74) is 2.33. The summed E-state index contributed by atoms with van der Waals surface area (Å²) in [7, 11) is 0. The molecule has 0 unspecified atom stereocenters. The Bertz CT molecular complexity index is 540. The Kier molecular flexibility index (Phi) is 6.02. The minimum atomic E-state index is -0.0730. The monoisotopic (exact) mass is 317 g/mol. The molecule has 0 aromatic heterocycles. The fourth-order valence-electron chi connectivity index (χ4n) is 2.57.